The van der Waals surface area contributed by atoms with Crippen LogP contribution in [-0.2, 0) is 22.7 Å². The lowest BCUT2D eigenvalue weighted by Crippen LogP contribution is -2.68. The van der Waals surface area contributed by atoms with Crippen LogP contribution in [0.5, 0.6) is 0 Å². The first-order valence-corrected chi connectivity index (χ1v) is 8.81. The number of β-lactam (4-membered cyclic amide) rings is 1. The van der Waals surface area contributed by atoms with E-state index in [-0.39, 0.29) is 23.6 Å². The summed E-state index contributed by atoms with van der Waals surface area (Å²) in [6, 6.07) is 3.10. The van der Waals surface area contributed by atoms with E-state index >= 15 is 0 Å². The number of carboxylic acids is 1. The first kappa shape index (κ1) is 16.1. The summed E-state index contributed by atoms with van der Waals surface area (Å²) in [4.78, 5) is 25.0. The van der Waals surface area contributed by atoms with Crippen LogP contribution in [0.15, 0.2) is 42.0 Å². The van der Waals surface area contributed by atoms with Gasteiger partial charge in [0.15, 0.2) is 18.9 Å². The molecule has 25 heavy (non-hydrogen) atoms. The predicted octanol–water partition coefficient (Wildman–Crippen LogP) is -0.700. The van der Waals surface area contributed by atoms with Gasteiger partial charge in [0.2, 0.25) is 5.91 Å². The minimum atomic E-state index is -1.10. The van der Waals surface area contributed by atoms with E-state index in [1.165, 1.54) is 16.7 Å². The fourth-order valence-electron chi connectivity index (χ4n) is 3.31. The van der Waals surface area contributed by atoms with Gasteiger partial charge in [0, 0.05) is 17.0 Å². The third-order valence-corrected chi connectivity index (χ3v) is 5.93. The monoisotopic (exact) mass is 361 g/mol. The van der Waals surface area contributed by atoms with Crippen molar-refractivity contribution in [3.8, 4) is 0 Å². The van der Waals surface area contributed by atoms with Crippen LogP contribution < -0.4 is 10.3 Å². The summed E-state index contributed by atoms with van der Waals surface area (Å²) in [5, 5.41) is 18.6. The molecule has 0 bridgehead atoms. The van der Waals surface area contributed by atoms with Gasteiger partial charge in [-0.3, -0.25) is 9.69 Å². The molecule has 1 unspecified atom stereocenters. The number of amides is 1. The molecule has 8 nitrogen and oxygen atoms in total. The van der Waals surface area contributed by atoms with Gasteiger partial charge in [-0.05, 0) is 12.1 Å². The summed E-state index contributed by atoms with van der Waals surface area (Å²) in [6.45, 7) is 0.318. The molecule has 2 aliphatic heterocycles. The van der Waals surface area contributed by atoms with E-state index in [0.717, 1.165) is 11.2 Å². The Balaban J connectivity index is 1.68. The number of carbonyl (C=O) groups is 2. The lowest BCUT2D eigenvalue weighted by Gasteiger charge is -2.47. The molecule has 2 aliphatic rings. The molecule has 4 heterocycles. The summed E-state index contributed by atoms with van der Waals surface area (Å²) in [5.74, 6) is -0.926. The molecular weight excluding hydrogens is 344 g/mol. The number of thioether (sulfide) groups is 1. The van der Waals surface area contributed by atoms with Crippen molar-refractivity contribution in [2.75, 3.05) is 5.75 Å². The molecule has 0 aliphatic carbocycles. The fourth-order valence-corrected chi connectivity index (χ4v) is 4.59. The topological polar surface area (TPSA) is 112 Å². The molecule has 1 saturated heterocycles. The molecule has 4 rings (SSSR count). The summed E-state index contributed by atoms with van der Waals surface area (Å²) >= 11 is 1.49. The number of rotatable bonds is 4. The average Bonchev–Trinajstić information content (AvgIpc) is 3.02. The molecule has 0 radical (unpaired) electrons. The Labute approximate surface area is 147 Å². The maximum Gasteiger partial charge on any atom is 0.352 e. The van der Waals surface area contributed by atoms with Crippen molar-refractivity contribution in [1.29, 1.82) is 0 Å². The molecule has 1 amide bonds. The molecule has 0 aromatic carbocycles. The molecule has 130 valence electrons. The Bertz CT molecular complexity index is 922. The highest BCUT2D eigenvalue weighted by molar-refractivity contribution is 8.00. The zero-order valence-electron chi connectivity index (χ0n) is 13.2. The molecule has 4 N–H and O–H groups in total. The summed E-state index contributed by atoms with van der Waals surface area (Å²) in [5.41, 5.74) is 8.16. The van der Waals surface area contributed by atoms with Gasteiger partial charge in [0.1, 0.15) is 22.6 Å². The number of carbonyl (C=O) groups excluding carboxylic acids is 1. The van der Waals surface area contributed by atoms with Crippen molar-refractivity contribution in [3.63, 3.8) is 0 Å². The highest BCUT2D eigenvalue weighted by atomic mass is 32.2. The van der Waals surface area contributed by atoms with E-state index in [4.69, 9.17) is 5.73 Å². The zero-order chi connectivity index (χ0) is 17.7. The highest BCUT2D eigenvalue weighted by Crippen LogP contribution is 2.39. The maximum absolute atomic E-state index is 12.0. The van der Waals surface area contributed by atoms with E-state index in [0.29, 0.717) is 17.9 Å². The maximum atomic E-state index is 12.0. The second-order valence-electron chi connectivity index (χ2n) is 6.07. The van der Waals surface area contributed by atoms with E-state index < -0.39 is 12.0 Å². The molecule has 1 fully saturated rings. The molecule has 2 atom stereocenters. The molecule has 2 aromatic rings. The van der Waals surface area contributed by atoms with Crippen LogP contribution in [0.2, 0.25) is 0 Å². The predicted molar refractivity (Wildman–Crippen MR) is 89.2 cm³/mol. The number of aliphatic carboxylic acids is 1. The van der Waals surface area contributed by atoms with E-state index in [1.54, 1.807) is 0 Å². The molecular formula is C16H17N4O4S+. The van der Waals surface area contributed by atoms with Gasteiger partial charge in [0.05, 0.1) is 12.8 Å². The number of nitrogens with zero attached hydrogens (tertiary/aromatic N) is 3. The van der Waals surface area contributed by atoms with Crippen molar-refractivity contribution in [2.24, 2.45) is 5.73 Å². The van der Waals surface area contributed by atoms with Gasteiger partial charge in [-0.2, -0.15) is 4.57 Å². The fraction of sp³-hybridized carbons (Fsp3) is 0.312. The van der Waals surface area contributed by atoms with E-state index in [9.17, 15) is 19.8 Å². The first-order valence-electron chi connectivity index (χ1n) is 7.76. The second-order valence-corrected chi connectivity index (χ2v) is 7.18. The average molecular weight is 361 g/mol. The van der Waals surface area contributed by atoms with Crippen LogP contribution in [0.4, 0.5) is 0 Å². The van der Waals surface area contributed by atoms with Crippen LogP contribution in [0.1, 0.15) is 5.69 Å². The SMILES string of the molecule is NC1C(=O)N2C(C(=O)O)=C(C[n+]3ccn4c(CO)ccc4c3)CS[C@H]12. The van der Waals surface area contributed by atoms with Crippen LogP contribution in [0.25, 0.3) is 5.52 Å². The number of carboxylic acid groups (broad SMARTS) is 1. The van der Waals surface area contributed by atoms with E-state index in [2.05, 4.69) is 0 Å². The van der Waals surface area contributed by atoms with E-state index in [1.807, 2.05) is 39.7 Å². The minimum absolute atomic E-state index is 0.0502. The Morgan fingerprint density at radius 2 is 2.24 bits per heavy atom. The molecule has 0 spiro atoms. The number of fused-ring (bicyclic) bond motifs is 2. The molecule has 2 aromatic heterocycles. The van der Waals surface area contributed by atoms with Crippen molar-refractivity contribution in [2.45, 2.75) is 24.6 Å². The largest absolute Gasteiger partial charge is 0.477 e. The Hall–Kier alpha value is -2.36. The van der Waals surface area contributed by atoms with Gasteiger partial charge >= 0.3 is 5.97 Å². The minimum Gasteiger partial charge on any atom is -0.477 e. The van der Waals surface area contributed by atoms with Crippen molar-refractivity contribution in [1.82, 2.24) is 9.30 Å². The van der Waals surface area contributed by atoms with Crippen LogP contribution in [0.3, 0.4) is 0 Å². The van der Waals surface area contributed by atoms with Gasteiger partial charge in [-0.25, -0.2) is 4.79 Å². The Kier molecular flexibility index (Phi) is 3.78. The lowest BCUT2D eigenvalue weighted by molar-refractivity contribution is -0.688. The molecule has 9 heteroatoms. The van der Waals surface area contributed by atoms with Crippen molar-refractivity contribution in [3.05, 3.63) is 47.7 Å². The molecule has 0 saturated carbocycles. The van der Waals surface area contributed by atoms with Crippen LogP contribution >= 0.6 is 11.8 Å². The normalized spacial score (nSPS) is 23.0. The first-order chi connectivity index (χ1) is 12.0. The van der Waals surface area contributed by atoms with Crippen molar-refractivity contribution >= 4 is 29.2 Å². The number of hydrogen-bond acceptors (Lipinski definition) is 5. The van der Waals surface area contributed by atoms with Gasteiger partial charge in [0.25, 0.3) is 0 Å². The Morgan fingerprint density at radius 3 is 2.96 bits per heavy atom. The number of aromatic nitrogens is 2. The van der Waals surface area contributed by atoms with Crippen molar-refractivity contribution < 1.29 is 24.4 Å². The highest BCUT2D eigenvalue weighted by Gasteiger charge is 2.52. The van der Waals surface area contributed by atoms with Crippen LogP contribution in [-0.4, -0.2) is 48.6 Å². The number of nitrogens with two attached hydrogens (primary N) is 1. The van der Waals surface area contributed by atoms with Gasteiger partial charge in [-0.1, -0.05) is 0 Å². The number of aliphatic hydroxyl groups is 1. The standard InChI is InChI=1S/C16H16N4O4S/c17-12-14(22)20-13(16(23)24)9(8-25-15(12)20)5-18-3-4-19-10(6-18)1-2-11(19)7-21/h1-4,6,12,15,21H,5,7-8,17H2/p+1/t12?,15-/m1/s1. The van der Waals surface area contributed by atoms with Gasteiger partial charge in [-0.15, -0.1) is 11.8 Å². The zero-order valence-corrected chi connectivity index (χ0v) is 14.0. The number of hydrogen-bond donors (Lipinski definition) is 3. The summed E-state index contributed by atoms with van der Waals surface area (Å²) < 4.78 is 3.74. The Morgan fingerprint density at radius 1 is 1.44 bits per heavy atom. The third-order valence-electron chi connectivity index (χ3n) is 4.57. The van der Waals surface area contributed by atoms with Gasteiger partial charge < -0.3 is 20.3 Å². The third kappa shape index (κ3) is 2.43. The number of aliphatic hydroxyl groups excluding tert-OH is 1. The summed E-state index contributed by atoms with van der Waals surface area (Å²) in [7, 11) is 0. The lowest BCUT2D eigenvalue weighted by atomic mass is 10.0. The smallest absolute Gasteiger partial charge is 0.352 e. The van der Waals surface area contributed by atoms with Crippen LogP contribution in [0, 0.1) is 0 Å². The summed E-state index contributed by atoms with van der Waals surface area (Å²) in [6.07, 6.45) is 5.52. The second kappa shape index (κ2) is 5.87. The quantitative estimate of drug-likeness (QED) is 0.490.